The van der Waals surface area contributed by atoms with E-state index in [9.17, 15) is 14.7 Å². The summed E-state index contributed by atoms with van der Waals surface area (Å²) in [6, 6.07) is 15.6. The van der Waals surface area contributed by atoms with Crippen molar-refractivity contribution in [3.8, 4) is 0 Å². The molecular weight excluding hydrogens is 348 g/mol. The quantitative estimate of drug-likeness (QED) is 0.385. The fourth-order valence-corrected chi connectivity index (χ4v) is 2.57. The fourth-order valence-electron chi connectivity index (χ4n) is 2.30. The van der Waals surface area contributed by atoms with Gasteiger partial charge in [-0.1, -0.05) is 58.4 Å². The fraction of sp³-hybridized carbons (Fsp3) is 0.0588. The first-order valence-electron chi connectivity index (χ1n) is 6.57. The second-order valence-electron chi connectivity index (χ2n) is 4.79. The van der Waals surface area contributed by atoms with Crippen LogP contribution in [-0.2, 0) is 14.3 Å². The normalized spacial score (nSPS) is 20.0. The number of carbonyl (C=O) groups excluding carboxylic acids is 2. The number of aliphatic hydroxyl groups is 1. The lowest BCUT2D eigenvalue weighted by atomic mass is 9.97. The van der Waals surface area contributed by atoms with Crippen LogP contribution < -0.4 is 0 Å². The van der Waals surface area contributed by atoms with Crippen molar-refractivity contribution in [3.05, 3.63) is 75.8 Å². The van der Waals surface area contributed by atoms with Crippen LogP contribution in [-0.4, -0.2) is 16.9 Å². The molecule has 0 aliphatic carbocycles. The van der Waals surface area contributed by atoms with E-state index in [-0.39, 0.29) is 11.3 Å². The summed E-state index contributed by atoms with van der Waals surface area (Å²) in [7, 11) is 0. The maximum absolute atomic E-state index is 12.1. The number of ketones is 1. The summed E-state index contributed by atoms with van der Waals surface area (Å²) >= 11 is 3.32. The summed E-state index contributed by atoms with van der Waals surface area (Å²) in [6.45, 7) is 0. The largest absolute Gasteiger partial charge is 0.507 e. The van der Waals surface area contributed by atoms with Crippen LogP contribution >= 0.6 is 15.9 Å². The van der Waals surface area contributed by atoms with Crippen molar-refractivity contribution < 1.29 is 19.4 Å². The van der Waals surface area contributed by atoms with E-state index in [2.05, 4.69) is 15.9 Å². The minimum atomic E-state index is -0.953. The van der Waals surface area contributed by atoms with Gasteiger partial charge in [0, 0.05) is 10.0 Å². The van der Waals surface area contributed by atoms with Crippen LogP contribution in [0.4, 0.5) is 0 Å². The topological polar surface area (TPSA) is 63.6 Å². The molecule has 1 unspecified atom stereocenters. The molecular formula is C17H11BrO4. The average molecular weight is 359 g/mol. The van der Waals surface area contributed by atoms with Gasteiger partial charge in [-0.05, 0) is 17.7 Å². The number of cyclic esters (lactones) is 1. The van der Waals surface area contributed by atoms with Gasteiger partial charge in [-0.15, -0.1) is 0 Å². The summed E-state index contributed by atoms with van der Waals surface area (Å²) in [4.78, 5) is 23.7. The molecule has 0 aromatic heterocycles. The van der Waals surface area contributed by atoms with E-state index in [1.807, 2.05) is 0 Å². The molecule has 22 heavy (non-hydrogen) atoms. The second kappa shape index (κ2) is 5.77. The zero-order valence-electron chi connectivity index (χ0n) is 11.3. The number of hydrogen-bond acceptors (Lipinski definition) is 4. The highest BCUT2D eigenvalue weighted by atomic mass is 79.9. The molecule has 1 fully saturated rings. The highest BCUT2D eigenvalue weighted by molar-refractivity contribution is 9.10. The number of hydrogen-bond donors (Lipinski definition) is 1. The molecule has 3 rings (SSSR count). The van der Waals surface area contributed by atoms with E-state index in [0.717, 1.165) is 4.47 Å². The monoisotopic (exact) mass is 358 g/mol. The van der Waals surface area contributed by atoms with E-state index < -0.39 is 17.9 Å². The Hall–Kier alpha value is -2.40. The third-order valence-electron chi connectivity index (χ3n) is 3.39. The van der Waals surface area contributed by atoms with Crippen molar-refractivity contribution in [1.29, 1.82) is 0 Å². The molecule has 0 saturated carbocycles. The maximum Gasteiger partial charge on any atom is 0.380 e. The van der Waals surface area contributed by atoms with Crippen molar-refractivity contribution in [2.24, 2.45) is 0 Å². The lowest BCUT2D eigenvalue weighted by Gasteiger charge is -2.12. The molecule has 4 nitrogen and oxygen atoms in total. The highest BCUT2D eigenvalue weighted by Crippen LogP contribution is 2.37. The van der Waals surface area contributed by atoms with E-state index in [1.54, 1.807) is 54.6 Å². The van der Waals surface area contributed by atoms with Gasteiger partial charge in [0.05, 0.1) is 5.57 Å². The zero-order valence-corrected chi connectivity index (χ0v) is 12.9. The van der Waals surface area contributed by atoms with Gasteiger partial charge in [-0.3, -0.25) is 4.79 Å². The third-order valence-corrected chi connectivity index (χ3v) is 3.92. The van der Waals surface area contributed by atoms with Crippen molar-refractivity contribution >= 4 is 33.4 Å². The number of aliphatic hydroxyl groups excluding tert-OH is 1. The standard InChI is InChI=1S/C17H11BrO4/c18-12-8-6-11(7-9-12)16-13(15(20)17(21)22-16)14(19)10-4-2-1-3-5-10/h1-9,16,19H. The minimum Gasteiger partial charge on any atom is -0.507 e. The minimum absolute atomic E-state index is 0.0291. The molecule has 0 radical (unpaired) electrons. The summed E-state index contributed by atoms with van der Waals surface area (Å²) in [6.07, 6.45) is -0.895. The van der Waals surface area contributed by atoms with Crippen LogP contribution in [0.2, 0.25) is 0 Å². The molecule has 1 atom stereocenters. The SMILES string of the molecule is O=C1OC(c2ccc(Br)cc2)C(=C(O)c2ccccc2)C1=O. The Morgan fingerprint density at radius 1 is 1.00 bits per heavy atom. The van der Waals surface area contributed by atoms with Crippen LogP contribution in [0.5, 0.6) is 0 Å². The Labute approximate surface area is 135 Å². The van der Waals surface area contributed by atoms with Crippen molar-refractivity contribution in [2.75, 3.05) is 0 Å². The molecule has 1 heterocycles. The number of esters is 1. The van der Waals surface area contributed by atoms with Gasteiger partial charge in [0.15, 0.2) is 6.10 Å². The molecule has 2 aromatic carbocycles. The van der Waals surface area contributed by atoms with Crippen molar-refractivity contribution in [2.45, 2.75) is 6.10 Å². The molecule has 0 amide bonds. The Bertz CT molecular complexity index is 763. The van der Waals surface area contributed by atoms with Gasteiger partial charge >= 0.3 is 5.97 Å². The van der Waals surface area contributed by atoms with Gasteiger partial charge in [0.2, 0.25) is 0 Å². The maximum atomic E-state index is 12.1. The predicted molar refractivity (Wildman–Crippen MR) is 84.0 cm³/mol. The number of rotatable bonds is 2. The molecule has 1 aliphatic rings. The number of ether oxygens (including phenoxy) is 1. The Morgan fingerprint density at radius 2 is 1.64 bits per heavy atom. The summed E-state index contributed by atoms with van der Waals surface area (Å²) < 4.78 is 6.00. The molecule has 1 aliphatic heterocycles. The summed E-state index contributed by atoms with van der Waals surface area (Å²) in [5.41, 5.74) is 1.06. The smallest absolute Gasteiger partial charge is 0.380 e. The third kappa shape index (κ3) is 2.55. The number of halogens is 1. The molecule has 0 bridgehead atoms. The lowest BCUT2D eigenvalue weighted by molar-refractivity contribution is -0.149. The van der Waals surface area contributed by atoms with Gasteiger partial charge in [-0.2, -0.15) is 0 Å². The highest BCUT2D eigenvalue weighted by Gasteiger charge is 2.42. The van der Waals surface area contributed by atoms with Gasteiger partial charge < -0.3 is 9.84 Å². The van der Waals surface area contributed by atoms with Gasteiger partial charge in [0.1, 0.15) is 5.76 Å². The first kappa shape index (κ1) is 14.5. The van der Waals surface area contributed by atoms with Gasteiger partial charge in [-0.25, -0.2) is 4.79 Å². The molecule has 0 spiro atoms. The molecule has 1 saturated heterocycles. The Morgan fingerprint density at radius 3 is 2.27 bits per heavy atom. The van der Waals surface area contributed by atoms with E-state index in [4.69, 9.17) is 4.74 Å². The number of carbonyl (C=O) groups is 2. The van der Waals surface area contributed by atoms with Crippen molar-refractivity contribution in [1.82, 2.24) is 0 Å². The lowest BCUT2D eigenvalue weighted by Crippen LogP contribution is -2.08. The molecule has 1 N–H and O–H groups in total. The van der Waals surface area contributed by atoms with Crippen LogP contribution in [0.3, 0.4) is 0 Å². The van der Waals surface area contributed by atoms with Gasteiger partial charge in [0.25, 0.3) is 5.78 Å². The van der Waals surface area contributed by atoms with Crippen molar-refractivity contribution in [3.63, 3.8) is 0 Å². The summed E-state index contributed by atoms with van der Waals surface area (Å²) in [5, 5.41) is 10.4. The van der Waals surface area contributed by atoms with E-state index in [1.165, 1.54) is 0 Å². The zero-order chi connectivity index (χ0) is 15.7. The summed E-state index contributed by atoms with van der Waals surface area (Å²) in [5.74, 6) is -2.00. The predicted octanol–water partition coefficient (Wildman–Crippen LogP) is 3.59. The molecule has 110 valence electrons. The molecule has 2 aromatic rings. The van der Waals surface area contributed by atoms with E-state index in [0.29, 0.717) is 11.1 Å². The number of Topliss-reactive ketones (excluding diaryl/α,β-unsaturated/α-hetero) is 1. The van der Waals surface area contributed by atoms with E-state index >= 15 is 0 Å². The van der Waals surface area contributed by atoms with Crippen LogP contribution in [0, 0.1) is 0 Å². The number of benzene rings is 2. The first-order valence-corrected chi connectivity index (χ1v) is 7.36. The van der Waals surface area contributed by atoms with Crippen LogP contribution in [0.15, 0.2) is 64.6 Å². The van der Waals surface area contributed by atoms with Crippen LogP contribution in [0.25, 0.3) is 5.76 Å². The Balaban J connectivity index is 2.11. The average Bonchev–Trinajstić information content (AvgIpc) is 2.84. The van der Waals surface area contributed by atoms with Crippen LogP contribution in [0.1, 0.15) is 17.2 Å². The molecule has 5 heteroatoms. The Kier molecular flexibility index (Phi) is 3.81. The second-order valence-corrected chi connectivity index (χ2v) is 5.71. The first-order chi connectivity index (χ1) is 10.6.